The van der Waals surface area contributed by atoms with Gasteiger partial charge in [0.1, 0.15) is 0 Å². The Kier molecular flexibility index (Phi) is 10.3. The highest BCUT2D eigenvalue weighted by Gasteiger charge is 2.31. The molecule has 4 nitrogen and oxygen atoms in total. The minimum Gasteiger partial charge on any atom is -0.311 e. The van der Waals surface area contributed by atoms with E-state index >= 15 is 0 Å². The molecule has 0 bridgehead atoms. The predicted molar refractivity (Wildman–Crippen MR) is 288 cm³/mol. The van der Waals surface area contributed by atoms with Gasteiger partial charge in [0.15, 0.2) is 0 Å². The third kappa shape index (κ3) is 7.17. The molecule has 10 aromatic carbocycles. The average Bonchev–Trinajstić information content (AvgIpc) is 3.96. The summed E-state index contributed by atoms with van der Waals surface area (Å²) in [5.74, 6) is 0.396. The van der Waals surface area contributed by atoms with E-state index in [4.69, 9.17) is 9.97 Å². The first-order valence-corrected chi connectivity index (χ1v) is 24.0. The van der Waals surface area contributed by atoms with Crippen molar-refractivity contribution < 1.29 is 0 Å². The molecular weight excluding hydrogens is 849 g/mol. The van der Waals surface area contributed by atoms with Gasteiger partial charge in [-0.2, -0.15) is 0 Å². The van der Waals surface area contributed by atoms with Crippen LogP contribution in [-0.2, 0) is 0 Å². The summed E-state index contributed by atoms with van der Waals surface area (Å²) in [6.45, 7) is 0. The van der Waals surface area contributed by atoms with Gasteiger partial charge in [-0.15, -0.1) is 0 Å². The molecule has 0 saturated carbocycles. The van der Waals surface area contributed by atoms with Gasteiger partial charge in [-0.25, -0.2) is 0 Å². The number of para-hydroxylation sites is 2. The van der Waals surface area contributed by atoms with Crippen molar-refractivity contribution in [1.29, 1.82) is 0 Å². The number of fused-ring (bicyclic) bond motifs is 6. The van der Waals surface area contributed by atoms with Crippen molar-refractivity contribution in [2.45, 2.75) is 11.8 Å². The molecule has 0 aliphatic heterocycles. The van der Waals surface area contributed by atoms with E-state index in [9.17, 15) is 0 Å². The summed E-state index contributed by atoms with van der Waals surface area (Å²) in [7, 11) is 0. The monoisotopic (exact) mass is 894 g/mol. The van der Waals surface area contributed by atoms with Gasteiger partial charge < -0.3 is 9.80 Å². The molecule has 0 amide bonds. The average molecular weight is 895 g/mol. The van der Waals surface area contributed by atoms with Crippen molar-refractivity contribution in [3.63, 3.8) is 0 Å². The van der Waals surface area contributed by atoms with Crippen molar-refractivity contribution in [2.24, 2.45) is 0 Å². The van der Waals surface area contributed by atoms with Crippen molar-refractivity contribution >= 4 is 34.1 Å². The highest BCUT2D eigenvalue weighted by molar-refractivity contribution is 5.86. The van der Waals surface area contributed by atoms with E-state index in [1.807, 2.05) is 0 Å². The number of hydrogen-bond acceptors (Lipinski definition) is 4. The van der Waals surface area contributed by atoms with Crippen LogP contribution in [0, 0.1) is 0 Å². The van der Waals surface area contributed by atoms with E-state index in [2.05, 4.69) is 265 Å². The zero-order chi connectivity index (χ0) is 46.4. The van der Waals surface area contributed by atoms with Crippen molar-refractivity contribution in [3.8, 4) is 44.8 Å². The summed E-state index contributed by atoms with van der Waals surface area (Å²) in [5, 5.41) is 0. The Bertz CT molecular complexity index is 3310. The molecule has 0 saturated heterocycles. The fraction of sp³-hybridized carbons (Fsp3) is 0.0303. The summed E-state index contributed by atoms with van der Waals surface area (Å²) in [4.78, 5) is 14.5. The molecule has 13 rings (SSSR count). The van der Waals surface area contributed by atoms with Gasteiger partial charge >= 0.3 is 0 Å². The lowest BCUT2D eigenvalue weighted by atomic mass is 9.89. The lowest BCUT2D eigenvalue weighted by molar-refractivity contribution is 1.01. The minimum absolute atomic E-state index is 0.198. The van der Waals surface area contributed by atoms with Crippen LogP contribution in [0.1, 0.15) is 45.2 Å². The number of aromatic nitrogens is 2. The second-order valence-electron chi connectivity index (χ2n) is 18.1. The van der Waals surface area contributed by atoms with Crippen molar-refractivity contribution in [2.75, 3.05) is 9.80 Å². The van der Waals surface area contributed by atoms with Gasteiger partial charge in [-0.3, -0.25) is 9.97 Å². The zero-order valence-corrected chi connectivity index (χ0v) is 38.3. The van der Waals surface area contributed by atoms with Gasteiger partial charge in [0, 0.05) is 69.5 Å². The first-order chi connectivity index (χ1) is 34.7. The first kappa shape index (κ1) is 41.1. The Morgan fingerprint density at radius 2 is 0.500 bits per heavy atom. The topological polar surface area (TPSA) is 32.3 Å². The molecule has 2 aliphatic rings. The lowest BCUT2D eigenvalue weighted by Crippen LogP contribution is -2.10. The van der Waals surface area contributed by atoms with Crippen LogP contribution in [0.15, 0.2) is 267 Å². The Balaban J connectivity index is 0.795. The predicted octanol–water partition coefficient (Wildman–Crippen LogP) is 17.1. The number of hydrogen-bond donors (Lipinski definition) is 0. The molecule has 2 aliphatic carbocycles. The first-order valence-electron chi connectivity index (χ1n) is 24.0. The van der Waals surface area contributed by atoms with Gasteiger partial charge in [-0.1, -0.05) is 182 Å². The van der Waals surface area contributed by atoms with Gasteiger partial charge in [0.2, 0.25) is 0 Å². The molecule has 0 fully saturated rings. The number of nitrogens with zero attached hydrogens (tertiary/aromatic N) is 4. The number of rotatable bonds is 10. The second kappa shape index (κ2) is 17.5. The van der Waals surface area contributed by atoms with Crippen LogP contribution >= 0.6 is 0 Å². The third-order valence-corrected chi connectivity index (χ3v) is 14.2. The molecular formula is C66H46N4. The zero-order valence-electron chi connectivity index (χ0n) is 38.3. The standard InChI is InChI=1S/C66H46N4/c1-3-15-49(16-4-1)69(51-35-27-45(28-36-51)63-59-23-11-7-19-55(59)56-20-8-12-24-60(56)63)53-39-31-47(32-40-53)65-66(68-44-43-67-65)48-33-41-54(42-34-48)70(50-17-5-2-6-18-50)52-37-29-46(30-38-52)64-61-25-13-9-21-57(61)58-22-10-14-26-62(58)64/h1-44,63-64H. The summed E-state index contributed by atoms with van der Waals surface area (Å²) in [5.41, 5.74) is 23.4. The Labute approximate surface area is 409 Å². The molecule has 0 unspecified atom stereocenters. The molecule has 0 N–H and O–H groups in total. The molecule has 1 aromatic heterocycles. The molecule has 4 heteroatoms. The van der Waals surface area contributed by atoms with E-state index in [1.54, 1.807) is 12.4 Å². The van der Waals surface area contributed by atoms with Crippen LogP contribution in [0.4, 0.5) is 34.1 Å². The van der Waals surface area contributed by atoms with E-state index in [0.29, 0.717) is 0 Å². The second-order valence-corrected chi connectivity index (χ2v) is 18.1. The maximum Gasteiger partial charge on any atom is 0.0965 e. The fourth-order valence-electron chi connectivity index (χ4n) is 11.0. The molecule has 11 aromatic rings. The number of benzene rings is 10. The molecule has 0 spiro atoms. The van der Waals surface area contributed by atoms with Crippen LogP contribution in [0.25, 0.3) is 44.8 Å². The van der Waals surface area contributed by atoms with Crippen LogP contribution in [0.5, 0.6) is 0 Å². The lowest BCUT2D eigenvalue weighted by Gasteiger charge is -2.26. The van der Waals surface area contributed by atoms with E-state index < -0.39 is 0 Å². The van der Waals surface area contributed by atoms with Gasteiger partial charge in [0.05, 0.1) is 11.4 Å². The van der Waals surface area contributed by atoms with Crippen LogP contribution in [0.3, 0.4) is 0 Å². The maximum atomic E-state index is 4.93. The van der Waals surface area contributed by atoms with E-state index in [1.165, 1.54) is 55.6 Å². The smallest absolute Gasteiger partial charge is 0.0965 e. The van der Waals surface area contributed by atoms with E-state index in [-0.39, 0.29) is 11.8 Å². The molecule has 330 valence electrons. The van der Waals surface area contributed by atoms with Crippen molar-refractivity contribution in [1.82, 2.24) is 9.97 Å². The van der Waals surface area contributed by atoms with Crippen LogP contribution in [-0.4, -0.2) is 9.97 Å². The van der Waals surface area contributed by atoms with Crippen LogP contribution < -0.4 is 9.80 Å². The summed E-state index contributed by atoms with van der Waals surface area (Å²) >= 11 is 0. The van der Waals surface area contributed by atoms with Gasteiger partial charge in [0.25, 0.3) is 0 Å². The quantitative estimate of drug-likeness (QED) is 0.137. The molecule has 1 heterocycles. The minimum atomic E-state index is 0.198. The highest BCUT2D eigenvalue weighted by Crippen LogP contribution is 2.50. The molecule has 0 atom stereocenters. The van der Waals surface area contributed by atoms with Crippen LogP contribution in [0.2, 0.25) is 0 Å². The fourth-order valence-corrected chi connectivity index (χ4v) is 11.0. The number of anilines is 6. The van der Waals surface area contributed by atoms with Gasteiger partial charge in [-0.05, 0) is 128 Å². The Morgan fingerprint density at radius 3 is 0.814 bits per heavy atom. The molecule has 0 radical (unpaired) electrons. The largest absolute Gasteiger partial charge is 0.311 e. The SMILES string of the molecule is c1ccc(N(c2ccc(-c3nccnc3-c3ccc(N(c4ccccc4)c4ccc(C5c6ccccc6-c6ccccc65)cc4)cc3)cc2)c2ccc(C3c4ccccc4-c4ccccc43)cc2)cc1. The molecule has 70 heavy (non-hydrogen) atoms. The maximum absolute atomic E-state index is 4.93. The Morgan fingerprint density at radius 1 is 0.243 bits per heavy atom. The Hall–Kier alpha value is -9.12. The van der Waals surface area contributed by atoms with Crippen molar-refractivity contribution in [3.05, 3.63) is 301 Å². The third-order valence-electron chi connectivity index (χ3n) is 14.2. The summed E-state index contributed by atoms with van der Waals surface area (Å²) in [6.07, 6.45) is 3.56. The normalized spacial score (nSPS) is 12.5. The highest BCUT2D eigenvalue weighted by atomic mass is 15.1. The summed E-state index contributed by atoms with van der Waals surface area (Å²) < 4.78 is 0. The summed E-state index contributed by atoms with van der Waals surface area (Å²) in [6, 6.07) is 92.1. The van der Waals surface area contributed by atoms with E-state index in [0.717, 1.165) is 56.6 Å².